The van der Waals surface area contributed by atoms with Gasteiger partial charge in [0.1, 0.15) is 5.82 Å². The fourth-order valence-electron chi connectivity index (χ4n) is 1.43. The molecule has 1 rings (SSSR count). The van der Waals surface area contributed by atoms with Gasteiger partial charge in [-0.05, 0) is 5.92 Å². The van der Waals surface area contributed by atoms with Crippen LogP contribution in [-0.2, 0) is 14.1 Å². The third-order valence-corrected chi connectivity index (χ3v) is 2.32. The summed E-state index contributed by atoms with van der Waals surface area (Å²) in [6, 6.07) is 0. The molecule has 2 N–H and O–H groups in total. The van der Waals surface area contributed by atoms with Gasteiger partial charge in [0.15, 0.2) is 0 Å². The summed E-state index contributed by atoms with van der Waals surface area (Å²) in [4.78, 5) is 23.1. The highest BCUT2D eigenvalue weighted by Gasteiger charge is 2.15. The van der Waals surface area contributed by atoms with Crippen molar-refractivity contribution in [1.29, 1.82) is 0 Å². The van der Waals surface area contributed by atoms with Crippen molar-refractivity contribution in [3.05, 3.63) is 26.4 Å². The number of hydrogen-bond acceptors (Lipinski definition) is 3. The lowest BCUT2D eigenvalue weighted by atomic mass is 10.1. The van der Waals surface area contributed by atoms with Crippen molar-refractivity contribution in [3.8, 4) is 0 Å². The zero-order valence-corrected chi connectivity index (χ0v) is 8.87. The van der Waals surface area contributed by atoms with Crippen molar-refractivity contribution in [2.24, 2.45) is 14.1 Å². The van der Waals surface area contributed by atoms with Crippen LogP contribution >= 0.6 is 0 Å². The molecule has 1 heterocycles. The molecular formula is C9H15N3O2. The Hall–Kier alpha value is -1.52. The highest BCUT2D eigenvalue weighted by Crippen LogP contribution is 2.14. The molecule has 0 atom stereocenters. The van der Waals surface area contributed by atoms with Gasteiger partial charge in [-0.3, -0.25) is 13.9 Å². The monoisotopic (exact) mass is 197 g/mol. The number of nitrogens with zero attached hydrogens (tertiary/aromatic N) is 2. The van der Waals surface area contributed by atoms with E-state index in [1.165, 1.54) is 11.6 Å². The minimum absolute atomic E-state index is 0.0144. The Labute approximate surface area is 81.8 Å². The van der Waals surface area contributed by atoms with Crippen LogP contribution in [0.1, 0.15) is 25.3 Å². The highest BCUT2D eigenvalue weighted by atomic mass is 16.2. The molecule has 0 aliphatic heterocycles. The van der Waals surface area contributed by atoms with Crippen molar-refractivity contribution in [3.63, 3.8) is 0 Å². The maximum absolute atomic E-state index is 11.7. The first-order chi connectivity index (χ1) is 6.37. The van der Waals surface area contributed by atoms with E-state index in [0.717, 1.165) is 4.57 Å². The Bertz CT molecular complexity index is 468. The van der Waals surface area contributed by atoms with Crippen LogP contribution in [-0.4, -0.2) is 9.13 Å². The van der Waals surface area contributed by atoms with E-state index in [9.17, 15) is 9.59 Å². The van der Waals surface area contributed by atoms with Crippen molar-refractivity contribution in [2.75, 3.05) is 5.73 Å². The molecule has 5 nitrogen and oxygen atoms in total. The van der Waals surface area contributed by atoms with E-state index in [4.69, 9.17) is 5.73 Å². The van der Waals surface area contributed by atoms with E-state index >= 15 is 0 Å². The second-order valence-electron chi connectivity index (χ2n) is 3.66. The molecule has 5 heteroatoms. The molecule has 0 bridgehead atoms. The molecule has 1 aromatic rings. The van der Waals surface area contributed by atoms with Gasteiger partial charge in [0, 0.05) is 14.1 Å². The third-order valence-electron chi connectivity index (χ3n) is 2.32. The zero-order chi connectivity index (χ0) is 11.0. The SMILES string of the molecule is CC(C)c1c(N)n(C)c(=O)n(C)c1=O. The van der Waals surface area contributed by atoms with Crippen molar-refractivity contribution in [2.45, 2.75) is 19.8 Å². The maximum Gasteiger partial charge on any atom is 0.332 e. The van der Waals surface area contributed by atoms with Crippen LogP contribution in [0.2, 0.25) is 0 Å². The fourth-order valence-corrected chi connectivity index (χ4v) is 1.43. The van der Waals surface area contributed by atoms with Gasteiger partial charge >= 0.3 is 5.69 Å². The molecule has 0 radical (unpaired) electrons. The number of hydrogen-bond donors (Lipinski definition) is 1. The molecule has 14 heavy (non-hydrogen) atoms. The lowest BCUT2D eigenvalue weighted by molar-refractivity contribution is 0.662. The molecule has 0 fully saturated rings. The van der Waals surface area contributed by atoms with Crippen LogP contribution in [0.15, 0.2) is 9.59 Å². The van der Waals surface area contributed by atoms with Gasteiger partial charge in [-0.2, -0.15) is 0 Å². The molecular weight excluding hydrogens is 182 g/mol. The van der Waals surface area contributed by atoms with E-state index in [1.54, 1.807) is 7.05 Å². The summed E-state index contributed by atoms with van der Waals surface area (Å²) in [6.07, 6.45) is 0. The average molecular weight is 197 g/mol. The van der Waals surface area contributed by atoms with Gasteiger partial charge in [-0.25, -0.2) is 4.79 Å². The van der Waals surface area contributed by atoms with Crippen LogP contribution in [0, 0.1) is 0 Å². The standard InChI is InChI=1S/C9H15N3O2/c1-5(2)6-7(10)11(3)9(14)12(4)8(6)13/h5H,10H2,1-4H3. The molecule has 1 aromatic heterocycles. The third kappa shape index (κ3) is 1.34. The summed E-state index contributed by atoms with van der Waals surface area (Å²) in [5, 5.41) is 0. The first kappa shape index (κ1) is 10.6. The summed E-state index contributed by atoms with van der Waals surface area (Å²) >= 11 is 0. The average Bonchev–Trinajstić information content (AvgIpc) is 2.11. The minimum atomic E-state index is -0.392. The van der Waals surface area contributed by atoms with Gasteiger partial charge in [0.05, 0.1) is 5.56 Å². The van der Waals surface area contributed by atoms with E-state index < -0.39 is 5.69 Å². The summed E-state index contributed by atoms with van der Waals surface area (Å²) in [7, 11) is 3.01. The number of nitrogens with two attached hydrogens (primary N) is 1. The first-order valence-electron chi connectivity index (χ1n) is 4.43. The second-order valence-corrected chi connectivity index (χ2v) is 3.66. The Morgan fingerprint density at radius 1 is 1.14 bits per heavy atom. The normalized spacial score (nSPS) is 10.9. The number of aromatic nitrogens is 2. The van der Waals surface area contributed by atoms with Gasteiger partial charge in [0.25, 0.3) is 5.56 Å². The summed E-state index contributed by atoms with van der Waals surface area (Å²) in [5.41, 5.74) is 5.50. The Balaban J connectivity index is 3.79. The van der Waals surface area contributed by atoms with Crippen LogP contribution in [0.3, 0.4) is 0 Å². The van der Waals surface area contributed by atoms with E-state index in [0.29, 0.717) is 5.56 Å². The smallest absolute Gasteiger partial charge is 0.332 e. The van der Waals surface area contributed by atoms with Crippen LogP contribution in [0.5, 0.6) is 0 Å². The fraction of sp³-hybridized carbons (Fsp3) is 0.556. The number of nitrogen functional groups attached to an aromatic ring is 1. The molecule has 78 valence electrons. The molecule has 0 saturated carbocycles. The number of rotatable bonds is 1. The van der Waals surface area contributed by atoms with Crippen molar-refractivity contribution < 1.29 is 0 Å². The van der Waals surface area contributed by atoms with E-state index in [-0.39, 0.29) is 17.3 Å². The predicted octanol–water partition coefficient (Wildman–Crippen LogP) is -0.210. The van der Waals surface area contributed by atoms with Gasteiger partial charge < -0.3 is 5.73 Å². The summed E-state index contributed by atoms with van der Waals surface area (Å²) in [6.45, 7) is 3.75. The molecule has 0 aromatic carbocycles. The molecule has 0 aliphatic rings. The number of anilines is 1. The second kappa shape index (κ2) is 3.32. The van der Waals surface area contributed by atoms with Gasteiger partial charge in [-0.1, -0.05) is 13.8 Å². The lowest BCUT2D eigenvalue weighted by Crippen LogP contribution is -2.40. The van der Waals surface area contributed by atoms with Crippen LogP contribution in [0.25, 0.3) is 0 Å². The molecule has 0 unspecified atom stereocenters. The lowest BCUT2D eigenvalue weighted by Gasteiger charge is -2.13. The van der Waals surface area contributed by atoms with Crippen molar-refractivity contribution in [1.82, 2.24) is 9.13 Å². The van der Waals surface area contributed by atoms with E-state index in [1.807, 2.05) is 13.8 Å². The predicted molar refractivity (Wildman–Crippen MR) is 55.4 cm³/mol. The Morgan fingerprint density at radius 2 is 1.64 bits per heavy atom. The van der Waals surface area contributed by atoms with Gasteiger partial charge in [0.2, 0.25) is 0 Å². The maximum atomic E-state index is 11.7. The molecule has 0 saturated heterocycles. The largest absolute Gasteiger partial charge is 0.385 e. The van der Waals surface area contributed by atoms with Gasteiger partial charge in [-0.15, -0.1) is 0 Å². The highest BCUT2D eigenvalue weighted by molar-refractivity contribution is 5.40. The summed E-state index contributed by atoms with van der Waals surface area (Å²) in [5.74, 6) is 0.272. The van der Waals surface area contributed by atoms with Crippen LogP contribution < -0.4 is 17.0 Å². The minimum Gasteiger partial charge on any atom is -0.385 e. The zero-order valence-electron chi connectivity index (χ0n) is 8.87. The molecule has 0 aliphatic carbocycles. The molecule has 0 spiro atoms. The van der Waals surface area contributed by atoms with Crippen molar-refractivity contribution >= 4 is 5.82 Å². The quantitative estimate of drug-likeness (QED) is 0.677. The summed E-state index contributed by atoms with van der Waals surface area (Å²) < 4.78 is 2.36. The topological polar surface area (TPSA) is 70.0 Å². The van der Waals surface area contributed by atoms with E-state index in [2.05, 4.69) is 0 Å². The Morgan fingerprint density at radius 3 is 2.07 bits per heavy atom. The Kier molecular flexibility index (Phi) is 2.51. The van der Waals surface area contributed by atoms with Crippen LogP contribution in [0.4, 0.5) is 5.82 Å². The first-order valence-corrected chi connectivity index (χ1v) is 4.43. The molecule has 0 amide bonds.